The first-order valence-corrected chi connectivity index (χ1v) is 5.03. The van der Waals surface area contributed by atoms with Crippen LogP contribution in [0.1, 0.15) is 39.5 Å². The van der Waals surface area contributed by atoms with Gasteiger partial charge in [0.05, 0.1) is 6.10 Å². The minimum atomic E-state index is -0.286. The molecular weight excluding hydrogens is 150 g/mol. The quantitative estimate of drug-likeness (QED) is 0.659. The summed E-state index contributed by atoms with van der Waals surface area (Å²) in [6.45, 7) is 4.24. The normalized spacial score (nSPS) is 22.8. The van der Waals surface area contributed by atoms with Gasteiger partial charge in [0.1, 0.15) is 0 Å². The number of hydrogen-bond acceptors (Lipinski definition) is 2. The van der Waals surface area contributed by atoms with Crippen LogP contribution in [0.4, 0.5) is 0 Å². The van der Waals surface area contributed by atoms with Crippen LogP contribution in [0, 0.1) is 11.8 Å². The van der Waals surface area contributed by atoms with E-state index in [2.05, 4.69) is 13.8 Å². The summed E-state index contributed by atoms with van der Waals surface area (Å²) in [5.74, 6) is 1.37. The van der Waals surface area contributed by atoms with Crippen LogP contribution in [0.2, 0.25) is 0 Å². The van der Waals surface area contributed by atoms with E-state index in [1.165, 1.54) is 12.8 Å². The fraction of sp³-hybridized carbons (Fsp3) is 1.00. The molecule has 0 bridgehead atoms. The van der Waals surface area contributed by atoms with Gasteiger partial charge in [0, 0.05) is 6.04 Å². The second-order valence-corrected chi connectivity index (χ2v) is 4.54. The average molecular weight is 171 g/mol. The van der Waals surface area contributed by atoms with E-state index in [1.54, 1.807) is 0 Å². The van der Waals surface area contributed by atoms with Crippen molar-refractivity contribution >= 4 is 0 Å². The maximum absolute atomic E-state index is 9.64. The second kappa shape index (κ2) is 4.24. The molecular formula is C10H21NO. The van der Waals surface area contributed by atoms with Crippen molar-refractivity contribution in [3.05, 3.63) is 0 Å². The third-order valence-electron chi connectivity index (χ3n) is 2.51. The van der Waals surface area contributed by atoms with E-state index in [0.29, 0.717) is 5.92 Å². The van der Waals surface area contributed by atoms with E-state index in [0.717, 1.165) is 18.8 Å². The van der Waals surface area contributed by atoms with Crippen LogP contribution in [0.25, 0.3) is 0 Å². The number of nitrogens with two attached hydrogens (primary N) is 1. The molecule has 0 aromatic carbocycles. The Morgan fingerprint density at radius 2 is 2.00 bits per heavy atom. The molecule has 1 saturated carbocycles. The predicted octanol–water partition coefficient (Wildman–Crippen LogP) is 1.52. The van der Waals surface area contributed by atoms with Crippen molar-refractivity contribution in [1.29, 1.82) is 0 Å². The van der Waals surface area contributed by atoms with Gasteiger partial charge in [-0.05, 0) is 24.7 Å². The van der Waals surface area contributed by atoms with E-state index < -0.39 is 0 Å². The number of aliphatic hydroxyl groups is 1. The molecule has 0 heterocycles. The molecule has 0 amide bonds. The van der Waals surface area contributed by atoms with E-state index in [-0.39, 0.29) is 12.1 Å². The van der Waals surface area contributed by atoms with Gasteiger partial charge in [-0.15, -0.1) is 0 Å². The van der Waals surface area contributed by atoms with E-state index >= 15 is 0 Å². The first-order chi connectivity index (χ1) is 5.59. The fourth-order valence-electron chi connectivity index (χ4n) is 1.55. The van der Waals surface area contributed by atoms with Crippen LogP contribution in [-0.2, 0) is 0 Å². The van der Waals surface area contributed by atoms with Gasteiger partial charge >= 0.3 is 0 Å². The molecule has 12 heavy (non-hydrogen) atoms. The Morgan fingerprint density at radius 1 is 1.42 bits per heavy atom. The molecule has 0 radical (unpaired) electrons. The maximum atomic E-state index is 9.64. The molecule has 0 spiro atoms. The van der Waals surface area contributed by atoms with Crippen molar-refractivity contribution in [3.8, 4) is 0 Å². The van der Waals surface area contributed by atoms with Gasteiger partial charge in [-0.2, -0.15) is 0 Å². The third kappa shape index (κ3) is 3.55. The molecule has 2 atom stereocenters. The standard InChI is InChI=1S/C10H21NO/c1-7(2)5-10(12)9(11)6-8-3-4-8/h7-10,12H,3-6,11H2,1-2H3. The Bertz CT molecular complexity index is 124. The number of rotatable bonds is 5. The zero-order chi connectivity index (χ0) is 9.14. The van der Waals surface area contributed by atoms with Gasteiger partial charge < -0.3 is 10.8 Å². The Kier molecular flexibility index (Phi) is 3.53. The summed E-state index contributed by atoms with van der Waals surface area (Å²) in [5, 5.41) is 9.64. The highest BCUT2D eigenvalue weighted by Gasteiger charge is 2.27. The van der Waals surface area contributed by atoms with Gasteiger partial charge in [0.15, 0.2) is 0 Å². The summed E-state index contributed by atoms with van der Waals surface area (Å²) < 4.78 is 0. The van der Waals surface area contributed by atoms with Crippen LogP contribution in [0.15, 0.2) is 0 Å². The lowest BCUT2D eigenvalue weighted by atomic mass is 9.97. The zero-order valence-corrected chi connectivity index (χ0v) is 8.16. The molecule has 3 N–H and O–H groups in total. The highest BCUT2D eigenvalue weighted by atomic mass is 16.3. The summed E-state index contributed by atoms with van der Waals surface area (Å²) in [7, 11) is 0. The SMILES string of the molecule is CC(C)CC(O)C(N)CC1CC1. The van der Waals surface area contributed by atoms with Crippen molar-refractivity contribution in [1.82, 2.24) is 0 Å². The molecule has 2 nitrogen and oxygen atoms in total. The predicted molar refractivity (Wildman–Crippen MR) is 50.8 cm³/mol. The third-order valence-corrected chi connectivity index (χ3v) is 2.51. The minimum Gasteiger partial charge on any atom is -0.392 e. The Labute approximate surface area is 75.2 Å². The Hall–Kier alpha value is -0.0800. The van der Waals surface area contributed by atoms with Crippen molar-refractivity contribution in [2.24, 2.45) is 17.6 Å². The van der Waals surface area contributed by atoms with Crippen LogP contribution >= 0.6 is 0 Å². The largest absolute Gasteiger partial charge is 0.392 e. The van der Waals surface area contributed by atoms with E-state index in [4.69, 9.17) is 5.73 Å². The first kappa shape index (κ1) is 10.0. The summed E-state index contributed by atoms with van der Waals surface area (Å²) in [6, 6.07) is 0.0138. The molecule has 2 unspecified atom stereocenters. The van der Waals surface area contributed by atoms with Crippen molar-refractivity contribution < 1.29 is 5.11 Å². The molecule has 1 aliphatic carbocycles. The lowest BCUT2D eigenvalue weighted by Gasteiger charge is -2.20. The molecule has 1 aliphatic rings. The summed E-state index contributed by atoms with van der Waals surface area (Å²) >= 11 is 0. The van der Waals surface area contributed by atoms with Crippen molar-refractivity contribution in [2.75, 3.05) is 0 Å². The van der Waals surface area contributed by atoms with E-state index in [9.17, 15) is 5.11 Å². The molecule has 2 heteroatoms. The topological polar surface area (TPSA) is 46.2 Å². The van der Waals surface area contributed by atoms with Gasteiger partial charge in [-0.25, -0.2) is 0 Å². The lowest BCUT2D eigenvalue weighted by Crippen LogP contribution is -2.35. The highest BCUT2D eigenvalue weighted by molar-refractivity contribution is 4.82. The smallest absolute Gasteiger partial charge is 0.0693 e. The molecule has 1 rings (SSSR count). The molecule has 0 aromatic heterocycles. The fourth-order valence-corrected chi connectivity index (χ4v) is 1.55. The second-order valence-electron chi connectivity index (χ2n) is 4.54. The summed E-state index contributed by atoms with van der Waals surface area (Å²) in [6.07, 6.45) is 4.22. The van der Waals surface area contributed by atoms with Crippen molar-refractivity contribution in [3.63, 3.8) is 0 Å². The van der Waals surface area contributed by atoms with Crippen LogP contribution in [0.5, 0.6) is 0 Å². The summed E-state index contributed by atoms with van der Waals surface area (Å²) in [4.78, 5) is 0. The van der Waals surface area contributed by atoms with Gasteiger partial charge in [-0.3, -0.25) is 0 Å². The highest BCUT2D eigenvalue weighted by Crippen LogP contribution is 2.33. The van der Waals surface area contributed by atoms with Crippen molar-refractivity contribution in [2.45, 2.75) is 51.7 Å². The van der Waals surface area contributed by atoms with Gasteiger partial charge in [0.2, 0.25) is 0 Å². The first-order valence-electron chi connectivity index (χ1n) is 5.03. The Balaban J connectivity index is 2.14. The molecule has 1 fully saturated rings. The van der Waals surface area contributed by atoms with Crippen LogP contribution in [-0.4, -0.2) is 17.3 Å². The zero-order valence-electron chi connectivity index (χ0n) is 8.16. The number of hydrogen-bond donors (Lipinski definition) is 2. The number of aliphatic hydroxyl groups excluding tert-OH is 1. The monoisotopic (exact) mass is 171 g/mol. The molecule has 72 valence electrons. The van der Waals surface area contributed by atoms with Crippen LogP contribution < -0.4 is 5.73 Å². The minimum absolute atomic E-state index is 0.0138. The molecule has 0 aliphatic heterocycles. The maximum Gasteiger partial charge on any atom is 0.0693 e. The summed E-state index contributed by atoms with van der Waals surface area (Å²) in [5.41, 5.74) is 5.86. The molecule has 0 aromatic rings. The van der Waals surface area contributed by atoms with Gasteiger partial charge in [0.25, 0.3) is 0 Å². The average Bonchev–Trinajstić information content (AvgIpc) is 2.70. The molecule has 0 saturated heterocycles. The van der Waals surface area contributed by atoms with E-state index in [1.807, 2.05) is 0 Å². The van der Waals surface area contributed by atoms with Crippen LogP contribution in [0.3, 0.4) is 0 Å². The lowest BCUT2D eigenvalue weighted by molar-refractivity contribution is 0.115. The van der Waals surface area contributed by atoms with Gasteiger partial charge in [-0.1, -0.05) is 26.7 Å². The Morgan fingerprint density at radius 3 is 2.42 bits per heavy atom.